The van der Waals surface area contributed by atoms with E-state index in [1.807, 2.05) is 19.1 Å². The van der Waals surface area contributed by atoms with Crippen LogP contribution in [0.15, 0.2) is 18.2 Å². The molecule has 2 nitrogen and oxygen atoms in total. The molecule has 3 rings (SSSR count). The number of hydrogen-bond donors (Lipinski definition) is 1. The van der Waals surface area contributed by atoms with Crippen molar-refractivity contribution in [1.82, 2.24) is 5.32 Å². The Kier molecular flexibility index (Phi) is 3.74. The van der Waals surface area contributed by atoms with E-state index in [9.17, 15) is 4.39 Å². The molecule has 2 fully saturated rings. The molecule has 1 heterocycles. The van der Waals surface area contributed by atoms with E-state index in [0.717, 1.165) is 18.5 Å². The highest BCUT2D eigenvalue weighted by Crippen LogP contribution is 2.68. The molecule has 1 saturated carbocycles. The molecule has 1 aliphatic carbocycles. The summed E-state index contributed by atoms with van der Waals surface area (Å²) in [5, 5.41) is 4.18. The zero-order valence-electron chi connectivity index (χ0n) is 11.4. The van der Waals surface area contributed by atoms with Gasteiger partial charge in [0.2, 0.25) is 0 Å². The Morgan fingerprint density at radius 3 is 2.90 bits per heavy atom. The van der Waals surface area contributed by atoms with Crippen LogP contribution >= 0.6 is 23.2 Å². The van der Waals surface area contributed by atoms with Gasteiger partial charge in [-0.05, 0) is 31.0 Å². The van der Waals surface area contributed by atoms with Crippen molar-refractivity contribution in [2.45, 2.75) is 24.9 Å². The van der Waals surface area contributed by atoms with E-state index in [1.54, 1.807) is 6.07 Å². The van der Waals surface area contributed by atoms with Gasteiger partial charge in [-0.2, -0.15) is 0 Å². The van der Waals surface area contributed by atoms with Crippen molar-refractivity contribution in [2.75, 3.05) is 26.3 Å². The van der Waals surface area contributed by atoms with Gasteiger partial charge in [0.1, 0.15) is 6.17 Å². The molecule has 3 atom stereocenters. The first-order chi connectivity index (χ1) is 9.56. The fraction of sp³-hybridized carbons (Fsp3) is 0.600. The van der Waals surface area contributed by atoms with Gasteiger partial charge in [-0.1, -0.05) is 29.3 Å². The van der Waals surface area contributed by atoms with Gasteiger partial charge in [-0.15, -0.1) is 0 Å². The number of benzene rings is 1. The molecule has 0 aromatic heterocycles. The molecule has 0 amide bonds. The Labute approximate surface area is 128 Å². The highest BCUT2D eigenvalue weighted by atomic mass is 35.5. The Balaban J connectivity index is 1.97. The number of ether oxygens (including phenoxy) is 1. The van der Waals surface area contributed by atoms with Crippen molar-refractivity contribution in [2.24, 2.45) is 5.41 Å². The third kappa shape index (κ3) is 1.98. The van der Waals surface area contributed by atoms with Gasteiger partial charge in [0.05, 0.1) is 16.7 Å². The van der Waals surface area contributed by atoms with Crippen molar-refractivity contribution in [3.63, 3.8) is 0 Å². The summed E-state index contributed by atoms with van der Waals surface area (Å²) in [7, 11) is 0. The average molecular weight is 318 g/mol. The molecule has 1 aromatic carbocycles. The van der Waals surface area contributed by atoms with Gasteiger partial charge in [-0.3, -0.25) is 0 Å². The maximum Gasteiger partial charge on any atom is 0.123 e. The van der Waals surface area contributed by atoms with Crippen LogP contribution in [0.25, 0.3) is 0 Å². The first-order valence-corrected chi connectivity index (χ1v) is 7.69. The molecule has 20 heavy (non-hydrogen) atoms. The monoisotopic (exact) mass is 317 g/mol. The molecule has 1 saturated heterocycles. The van der Waals surface area contributed by atoms with E-state index in [4.69, 9.17) is 27.9 Å². The van der Waals surface area contributed by atoms with Gasteiger partial charge in [0, 0.05) is 30.5 Å². The smallest absolute Gasteiger partial charge is 0.123 e. The lowest BCUT2D eigenvalue weighted by atomic mass is 9.80. The fourth-order valence-corrected chi connectivity index (χ4v) is 3.95. The van der Waals surface area contributed by atoms with E-state index in [1.165, 1.54) is 0 Å². The van der Waals surface area contributed by atoms with Gasteiger partial charge in [0.15, 0.2) is 0 Å². The minimum absolute atomic E-state index is 0.155. The Hall–Kier alpha value is -0.350. The Bertz CT molecular complexity index is 527. The summed E-state index contributed by atoms with van der Waals surface area (Å²) in [5.74, 6) is 0. The van der Waals surface area contributed by atoms with Crippen LogP contribution in [0, 0.1) is 5.41 Å². The SMILES string of the molecule is CCOCC12CNCC(F)C1(c1ccc(Cl)c(Cl)c1)C2. The Morgan fingerprint density at radius 2 is 2.20 bits per heavy atom. The predicted molar refractivity (Wildman–Crippen MR) is 79.4 cm³/mol. The van der Waals surface area contributed by atoms with Crippen LogP contribution < -0.4 is 5.32 Å². The van der Waals surface area contributed by atoms with Crippen LogP contribution in [0.2, 0.25) is 10.0 Å². The molecule has 5 heteroatoms. The summed E-state index contributed by atoms with van der Waals surface area (Å²) in [6, 6.07) is 5.47. The largest absolute Gasteiger partial charge is 0.381 e. The first kappa shape index (κ1) is 14.6. The molecule has 1 N–H and O–H groups in total. The van der Waals surface area contributed by atoms with E-state index < -0.39 is 11.6 Å². The highest BCUT2D eigenvalue weighted by molar-refractivity contribution is 6.42. The normalized spacial score (nSPS) is 35.7. The first-order valence-electron chi connectivity index (χ1n) is 6.94. The van der Waals surface area contributed by atoms with Crippen LogP contribution in [0.5, 0.6) is 0 Å². The summed E-state index contributed by atoms with van der Waals surface area (Å²) >= 11 is 12.1. The summed E-state index contributed by atoms with van der Waals surface area (Å²) in [6.45, 7) is 4.36. The van der Waals surface area contributed by atoms with Crippen molar-refractivity contribution in [1.29, 1.82) is 0 Å². The minimum atomic E-state index is -0.922. The molecule has 0 radical (unpaired) electrons. The van der Waals surface area contributed by atoms with Crippen LogP contribution in [0.3, 0.4) is 0 Å². The number of nitrogens with one attached hydrogen (secondary N) is 1. The lowest BCUT2D eigenvalue weighted by molar-refractivity contribution is 0.0621. The maximum absolute atomic E-state index is 14.7. The van der Waals surface area contributed by atoms with Crippen LogP contribution in [-0.4, -0.2) is 32.5 Å². The quantitative estimate of drug-likeness (QED) is 0.916. The lowest BCUT2D eigenvalue weighted by Crippen LogP contribution is -2.48. The van der Waals surface area contributed by atoms with Crippen molar-refractivity contribution < 1.29 is 9.13 Å². The standard InChI is InChI=1S/C15H18Cl2FNO/c1-2-20-9-14-7-15(14,13(18)6-19-8-14)10-3-4-11(16)12(17)5-10/h3-5,13,19H,2,6-9H2,1H3. The fourth-order valence-electron chi connectivity index (χ4n) is 3.66. The number of alkyl halides is 1. The molecule has 0 bridgehead atoms. The molecule has 3 unspecified atom stereocenters. The minimum Gasteiger partial charge on any atom is -0.381 e. The van der Waals surface area contributed by atoms with Crippen molar-refractivity contribution in [3.8, 4) is 0 Å². The number of halogens is 3. The molecular formula is C15H18Cl2FNO. The Morgan fingerprint density at radius 1 is 1.40 bits per heavy atom. The number of hydrogen-bond acceptors (Lipinski definition) is 2. The lowest BCUT2D eigenvalue weighted by Gasteiger charge is -2.34. The van der Waals surface area contributed by atoms with E-state index in [-0.39, 0.29) is 5.41 Å². The topological polar surface area (TPSA) is 21.3 Å². The number of piperidine rings is 1. The zero-order chi connectivity index (χ0) is 14.4. The van der Waals surface area contributed by atoms with Gasteiger partial charge >= 0.3 is 0 Å². The molecule has 0 spiro atoms. The second kappa shape index (κ2) is 5.13. The van der Waals surface area contributed by atoms with Crippen LogP contribution in [-0.2, 0) is 10.2 Å². The second-order valence-electron chi connectivity index (χ2n) is 5.79. The van der Waals surface area contributed by atoms with Crippen molar-refractivity contribution >= 4 is 23.2 Å². The summed E-state index contributed by atoms with van der Waals surface area (Å²) in [5.41, 5.74) is 0.319. The highest BCUT2D eigenvalue weighted by Gasteiger charge is 2.73. The molecular weight excluding hydrogens is 300 g/mol. The molecule has 2 aliphatic rings. The van der Waals surface area contributed by atoms with E-state index in [2.05, 4.69) is 5.32 Å². The van der Waals surface area contributed by atoms with Gasteiger partial charge in [0.25, 0.3) is 0 Å². The van der Waals surface area contributed by atoms with Gasteiger partial charge < -0.3 is 10.1 Å². The average Bonchev–Trinajstić information content (AvgIpc) is 3.12. The molecule has 1 aliphatic heterocycles. The van der Waals surface area contributed by atoms with Gasteiger partial charge in [-0.25, -0.2) is 4.39 Å². The predicted octanol–water partition coefficient (Wildman–Crippen LogP) is 3.60. The van der Waals surface area contributed by atoms with Crippen LogP contribution in [0.4, 0.5) is 4.39 Å². The zero-order valence-corrected chi connectivity index (χ0v) is 12.9. The third-order valence-electron chi connectivity index (χ3n) is 4.78. The van der Waals surface area contributed by atoms with E-state index in [0.29, 0.717) is 29.8 Å². The maximum atomic E-state index is 14.7. The molecule has 110 valence electrons. The third-order valence-corrected chi connectivity index (χ3v) is 5.52. The number of fused-ring (bicyclic) bond motifs is 1. The summed E-state index contributed by atoms with van der Waals surface area (Å²) in [4.78, 5) is 0. The summed E-state index contributed by atoms with van der Waals surface area (Å²) in [6.07, 6.45) is -0.125. The molecule has 1 aromatic rings. The summed E-state index contributed by atoms with van der Waals surface area (Å²) < 4.78 is 20.3. The number of rotatable bonds is 4. The van der Waals surface area contributed by atoms with E-state index >= 15 is 0 Å². The van der Waals surface area contributed by atoms with Crippen molar-refractivity contribution in [3.05, 3.63) is 33.8 Å². The second-order valence-corrected chi connectivity index (χ2v) is 6.61. The van der Waals surface area contributed by atoms with Crippen LogP contribution in [0.1, 0.15) is 18.9 Å².